The lowest BCUT2D eigenvalue weighted by molar-refractivity contribution is -0.200. The zero-order valence-electron chi connectivity index (χ0n) is 12.7. The molecule has 0 amide bonds. The molecule has 2 unspecified atom stereocenters. The Labute approximate surface area is 131 Å². The van der Waals surface area contributed by atoms with Gasteiger partial charge < -0.3 is 25.2 Å². The maximum atomic E-state index is 11.3. The Bertz CT molecular complexity index is 414. The predicted octanol–water partition coefficient (Wildman–Crippen LogP) is -1.36. The van der Waals surface area contributed by atoms with Crippen LogP contribution in [0.2, 0.25) is 0 Å². The molecule has 0 aromatic rings. The summed E-state index contributed by atoms with van der Waals surface area (Å²) in [7, 11) is 0. The first-order valence-electron chi connectivity index (χ1n) is 6.66. The maximum absolute atomic E-state index is 11.3. The van der Waals surface area contributed by atoms with Gasteiger partial charge >= 0.3 is 23.9 Å². The van der Waals surface area contributed by atoms with Gasteiger partial charge in [-0.25, -0.2) is 9.59 Å². The van der Waals surface area contributed by atoms with E-state index >= 15 is 0 Å². The van der Waals surface area contributed by atoms with Crippen LogP contribution in [-0.4, -0.2) is 92.7 Å². The predicted molar refractivity (Wildman–Crippen MR) is 73.7 cm³/mol. The fourth-order valence-corrected chi connectivity index (χ4v) is 1.79. The highest BCUT2D eigenvalue weighted by Crippen LogP contribution is 2.10. The smallest absolute Gasteiger partial charge is 0.348 e. The summed E-state index contributed by atoms with van der Waals surface area (Å²) in [4.78, 5) is 45.9. The van der Waals surface area contributed by atoms with E-state index in [0.29, 0.717) is 0 Å². The Morgan fingerprint density at radius 3 is 1.26 bits per heavy atom. The van der Waals surface area contributed by atoms with Crippen molar-refractivity contribution in [2.75, 3.05) is 26.2 Å². The highest BCUT2D eigenvalue weighted by Gasteiger charge is 2.36. The summed E-state index contributed by atoms with van der Waals surface area (Å²) in [6.45, 7) is 1.55. The summed E-state index contributed by atoms with van der Waals surface area (Å²) in [6, 6.07) is 0. The third kappa shape index (κ3) is 7.04. The Hall–Kier alpha value is -2.24. The standard InChI is InChI=1S/C12H20N2O9/c1-3-13(5-7(15)16)9(11(19)20)23-10(12(21)22)14(4-2)6-8(17)18/h9-10H,3-6H2,1-2H3,(H,15,16)(H,17,18)(H,19,20)(H,21,22). The lowest BCUT2D eigenvalue weighted by Gasteiger charge is -2.32. The van der Waals surface area contributed by atoms with Crippen LogP contribution in [-0.2, 0) is 23.9 Å². The van der Waals surface area contributed by atoms with Crippen LogP contribution in [0.4, 0.5) is 0 Å². The number of aliphatic carboxylic acids is 4. The van der Waals surface area contributed by atoms with Crippen molar-refractivity contribution in [2.45, 2.75) is 26.3 Å². The number of carbonyl (C=O) groups is 4. The molecule has 0 radical (unpaired) electrons. The number of hydrogen-bond acceptors (Lipinski definition) is 7. The monoisotopic (exact) mass is 336 g/mol. The van der Waals surface area contributed by atoms with Crippen molar-refractivity contribution in [2.24, 2.45) is 0 Å². The number of nitrogens with zero attached hydrogens (tertiary/aromatic N) is 2. The largest absolute Gasteiger partial charge is 0.480 e. The Morgan fingerprint density at radius 2 is 1.09 bits per heavy atom. The van der Waals surface area contributed by atoms with E-state index in [1.165, 1.54) is 13.8 Å². The van der Waals surface area contributed by atoms with Gasteiger partial charge in [-0.05, 0) is 13.1 Å². The third-order valence-electron chi connectivity index (χ3n) is 2.83. The normalized spacial score (nSPS) is 13.7. The summed E-state index contributed by atoms with van der Waals surface area (Å²) in [5.41, 5.74) is 0. The van der Waals surface area contributed by atoms with E-state index in [1.54, 1.807) is 0 Å². The topological polar surface area (TPSA) is 165 Å². The van der Waals surface area contributed by atoms with Gasteiger partial charge in [-0.1, -0.05) is 13.8 Å². The number of carboxylic acid groups (broad SMARTS) is 4. The van der Waals surface area contributed by atoms with Crippen LogP contribution in [0.25, 0.3) is 0 Å². The van der Waals surface area contributed by atoms with Gasteiger partial charge in [-0.3, -0.25) is 19.4 Å². The first-order valence-corrected chi connectivity index (χ1v) is 6.66. The van der Waals surface area contributed by atoms with Gasteiger partial charge in [0.1, 0.15) is 0 Å². The lowest BCUT2D eigenvalue weighted by Crippen LogP contribution is -2.53. The molecule has 0 aromatic heterocycles. The quantitative estimate of drug-likeness (QED) is 0.311. The van der Waals surface area contributed by atoms with Gasteiger partial charge in [0.25, 0.3) is 0 Å². The zero-order chi connectivity index (χ0) is 18.2. The second-order valence-electron chi connectivity index (χ2n) is 4.43. The molecule has 0 aliphatic heterocycles. The van der Waals surface area contributed by atoms with Crippen LogP contribution >= 0.6 is 0 Å². The first-order chi connectivity index (χ1) is 10.6. The van der Waals surface area contributed by atoms with Crippen LogP contribution in [0.5, 0.6) is 0 Å². The molecule has 23 heavy (non-hydrogen) atoms. The maximum Gasteiger partial charge on any atom is 0.348 e. The average Bonchev–Trinajstić information content (AvgIpc) is 2.43. The van der Waals surface area contributed by atoms with Crippen molar-refractivity contribution in [3.8, 4) is 0 Å². The molecule has 0 saturated heterocycles. The number of rotatable bonds is 12. The van der Waals surface area contributed by atoms with E-state index in [-0.39, 0.29) is 13.1 Å². The number of carboxylic acids is 4. The van der Waals surface area contributed by atoms with Gasteiger partial charge in [0.2, 0.25) is 12.5 Å². The molecule has 0 heterocycles. The minimum Gasteiger partial charge on any atom is -0.480 e. The third-order valence-corrected chi connectivity index (χ3v) is 2.83. The van der Waals surface area contributed by atoms with Crippen LogP contribution in [0.1, 0.15) is 13.8 Å². The molecule has 0 aliphatic rings. The Kier molecular flexibility index (Phi) is 8.77. The molecule has 0 fully saturated rings. The van der Waals surface area contributed by atoms with E-state index in [2.05, 4.69) is 0 Å². The van der Waals surface area contributed by atoms with Gasteiger partial charge in [-0.2, -0.15) is 0 Å². The summed E-state index contributed by atoms with van der Waals surface area (Å²) < 4.78 is 5.01. The van der Waals surface area contributed by atoms with Crippen LogP contribution in [0.3, 0.4) is 0 Å². The molecule has 0 aromatic carbocycles. The van der Waals surface area contributed by atoms with Crippen molar-refractivity contribution >= 4 is 23.9 Å². The molecule has 0 bridgehead atoms. The summed E-state index contributed by atoms with van der Waals surface area (Å²) >= 11 is 0. The van der Waals surface area contributed by atoms with E-state index in [0.717, 1.165) is 9.80 Å². The molecule has 0 saturated carbocycles. The summed E-state index contributed by atoms with van der Waals surface area (Å²) in [5, 5.41) is 35.9. The van der Waals surface area contributed by atoms with Crippen molar-refractivity contribution in [3.05, 3.63) is 0 Å². The van der Waals surface area contributed by atoms with E-state index in [9.17, 15) is 19.2 Å². The molecule has 0 rings (SSSR count). The van der Waals surface area contributed by atoms with E-state index in [1.807, 2.05) is 0 Å². The van der Waals surface area contributed by atoms with E-state index < -0.39 is 49.4 Å². The number of hydrogen-bond donors (Lipinski definition) is 4. The number of likely N-dealkylation sites (N-methyl/N-ethyl adjacent to an activating group) is 2. The molecular weight excluding hydrogens is 316 g/mol. The molecule has 2 atom stereocenters. The highest BCUT2D eigenvalue weighted by molar-refractivity contribution is 5.77. The number of ether oxygens (including phenoxy) is 1. The van der Waals surface area contributed by atoms with Gasteiger partial charge in [0.15, 0.2) is 0 Å². The second-order valence-corrected chi connectivity index (χ2v) is 4.43. The minimum atomic E-state index is -1.85. The SMILES string of the molecule is CCN(CC(=O)O)C(OC(C(=O)O)N(CC)CC(=O)O)C(=O)O. The lowest BCUT2D eigenvalue weighted by atomic mass is 10.3. The van der Waals surface area contributed by atoms with Gasteiger partial charge in [0.05, 0.1) is 13.1 Å². The summed E-state index contributed by atoms with van der Waals surface area (Å²) in [5.74, 6) is -5.78. The molecule has 0 spiro atoms. The zero-order valence-corrected chi connectivity index (χ0v) is 12.7. The molecule has 11 nitrogen and oxygen atoms in total. The molecule has 11 heteroatoms. The van der Waals surface area contributed by atoms with Crippen molar-refractivity contribution < 1.29 is 44.3 Å². The molecule has 132 valence electrons. The van der Waals surface area contributed by atoms with E-state index in [4.69, 9.17) is 25.2 Å². The van der Waals surface area contributed by atoms with Crippen molar-refractivity contribution in [1.29, 1.82) is 0 Å². The minimum absolute atomic E-state index is 0.0271. The van der Waals surface area contributed by atoms with Gasteiger partial charge in [0, 0.05) is 0 Å². The first kappa shape index (κ1) is 20.8. The van der Waals surface area contributed by atoms with Gasteiger partial charge in [-0.15, -0.1) is 0 Å². The average molecular weight is 336 g/mol. The molecule has 0 aliphatic carbocycles. The fraction of sp³-hybridized carbons (Fsp3) is 0.667. The fourth-order valence-electron chi connectivity index (χ4n) is 1.79. The van der Waals surface area contributed by atoms with Crippen LogP contribution < -0.4 is 0 Å². The Morgan fingerprint density at radius 1 is 0.783 bits per heavy atom. The molecular formula is C12H20N2O9. The highest BCUT2D eigenvalue weighted by atomic mass is 16.6. The van der Waals surface area contributed by atoms with Crippen molar-refractivity contribution in [1.82, 2.24) is 9.80 Å². The summed E-state index contributed by atoms with van der Waals surface area (Å²) in [6.07, 6.45) is -3.69. The second kappa shape index (κ2) is 9.71. The Balaban J connectivity index is 5.37. The van der Waals surface area contributed by atoms with Crippen LogP contribution in [0.15, 0.2) is 0 Å². The van der Waals surface area contributed by atoms with Crippen molar-refractivity contribution in [3.63, 3.8) is 0 Å². The van der Waals surface area contributed by atoms with Crippen LogP contribution in [0, 0.1) is 0 Å². The molecule has 4 N–H and O–H groups in total.